The summed E-state index contributed by atoms with van der Waals surface area (Å²) < 4.78 is 59.8. The summed E-state index contributed by atoms with van der Waals surface area (Å²) in [4.78, 5) is 0. The molecule has 0 radical (unpaired) electrons. The molecule has 0 aliphatic carbocycles. The second kappa shape index (κ2) is 38.3. The minimum Gasteiger partial charge on any atom is -0.379 e. The van der Waals surface area contributed by atoms with Crippen molar-refractivity contribution in [2.24, 2.45) is 0 Å². The summed E-state index contributed by atoms with van der Waals surface area (Å²) in [5.41, 5.74) is 0. The molecular formula is C29H58O11. The molecule has 0 amide bonds. The highest BCUT2D eigenvalue weighted by Gasteiger charge is 1.96. The van der Waals surface area contributed by atoms with Crippen LogP contribution in [0.2, 0.25) is 0 Å². The van der Waals surface area contributed by atoms with Crippen LogP contribution in [0, 0.1) is 0 Å². The first-order chi connectivity index (χ1) is 19.9. The molecule has 0 saturated heterocycles. The van der Waals surface area contributed by atoms with Gasteiger partial charge in [-0.25, -0.2) is 0 Å². The molecule has 40 heavy (non-hydrogen) atoms. The van der Waals surface area contributed by atoms with Gasteiger partial charge in [0.1, 0.15) is 0 Å². The first-order valence-corrected chi connectivity index (χ1v) is 14.9. The molecule has 0 saturated carbocycles. The molecule has 0 aromatic carbocycles. The Balaban J connectivity index is 3.02. The zero-order chi connectivity index (χ0) is 28.9. The van der Waals surface area contributed by atoms with Gasteiger partial charge in [0.25, 0.3) is 0 Å². The van der Waals surface area contributed by atoms with Crippen LogP contribution in [0.3, 0.4) is 0 Å². The van der Waals surface area contributed by atoms with Crippen molar-refractivity contribution in [1.82, 2.24) is 0 Å². The molecular weight excluding hydrogens is 524 g/mol. The molecule has 0 aliphatic heterocycles. The number of rotatable bonds is 37. The van der Waals surface area contributed by atoms with E-state index in [1.54, 1.807) is 6.08 Å². The van der Waals surface area contributed by atoms with Crippen molar-refractivity contribution in [3.8, 4) is 0 Å². The van der Waals surface area contributed by atoms with Crippen molar-refractivity contribution in [1.29, 1.82) is 0 Å². The third-order valence-corrected chi connectivity index (χ3v) is 5.10. The van der Waals surface area contributed by atoms with E-state index in [-0.39, 0.29) is 0 Å². The summed E-state index contributed by atoms with van der Waals surface area (Å²) in [6.45, 7) is 18.1. The van der Waals surface area contributed by atoms with Gasteiger partial charge in [-0.05, 0) is 6.42 Å². The number of hydrogen-bond donors (Lipinski definition) is 0. The highest BCUT2D eigenvalue weighted by Crippen LogP contribution is 1.98. The lowest BCUT2D eigenvalue weighted by molar-refractivity contribution is -0.0273. The third kappa shape index (κ3) is 37.3. The second-order valence-electron chi connectivity index (χ2n) is 8.55. The van der Waals surface area contributed by atoms with Crippen LogP contribution in [0.25, 0.3) is 0 Å². The van der Waals surface area contributed by atoms with Gasteiger partial charge >= 0.3 is 0 Å². The summed E-state index contributed by atoms with van der Waals surface area (Å²) in [5, 5.41) is 0. The van der Waals surface area contributed by atoms with E-state index in [1.807, 2.05) is 0 Å². The molecule has 11 nitrogen and oxygen atoms in total. The van der Waals surface area contributed by atoms with E-state index in [1.165, 1.54) is 19.3 Å². The fourth-order valence-corrected chi connectivity index (χ4v) is 3.00. The van der Waals surface area contributed by atoms with E-state index in [9.17, 15) is 0 Å². The molecule has 0 aromatic heterocycles. The van der Waals surface area contributed by atoms with E-state index in [4.69, 9.17) is 52.1 Å². The van der Waals surface area contributed by atoms with Gasteiger partial charge in [0.05, 0.1) is 139 Å². The van der Waals surface area contributed by atoms with Gasteiger partial charge in [-0.2, -0.15) is 0 Å². The Morgan fingerprint density at radius 1 is 0.325 bits per heavy atom. The van der Waals surface area contributed by atoms with Crippen LogP contribution in [0.15, 0.2) is 12.7 Å². The van der Waals surface area contributed by atoms with Gasteiger partial charge in [0, 0.05) is 6.61 Å². The first kappa shape index (κ1) is 39.3. The Morgan fingerprint density at radius 3 is 0.825 bits per heavy atom. The lowest BCUT2D eigenvalue weighted by Gasteiger charge is -2.09. The minimum absolute atomic E-state index is 0.523. The Hall–Kier alpha value is -0.700. The molecule has 0 bridgehead atoms. The molecule has 240 valence electrons. The fraction of sp³-hybridized carbons (Fsp3) is 0.931. The number of ether oxygens (including phenoxy) is 11. The number of unbranched alkanes of at least 4 members (excludes halogenated alkanes) is 3. The normalized spacial score (nSPS) is 11.4. The highest BCUT2D eigenvalue weighted by atomic mass is 16.6. The van der Waals surface area contributed by atoms with Crippen molar-refractivity contribution in [2.45, 2.75) is 32.6 Å². The van der Waals surface area contributed by atoms with E-state index in [0.717, 1.165) is 13.0 Å². The van der Waals surface area contributed by atoms with Crippen LogP contribution in [0.4, 0.5) is 0 Å². The SMILES string of the molecule is C=CCOCCOCCOCCOCCOCCOCCOCCOCCOCCOCCOCCCCCC. The van der Waals surface area contributed by atoms with Crippen LogP contribution >= 0.6 is 0 Å². The molecule has 0 fully saturated rings. The smallest absolute Gasteiger partial charge is 0.0704 e. The maximum absolute atomic E-state index is 5.52. The molecule has 0 aromatic rings. The maximum atomic E-state index is 5.52. The summed E-state index contributed by atoms with van der Waals surface area (Å²) in [6, 6.07) is 0. The van der Waals surface area contributed by atoms with Crippen LogP contribution < -0.4 is 0 Å². The van der Waals surface area contributed by atoms with Gasteiger partial charge in [-0.15, -0.1) is 6.58 Å². The van der Waals surface area contributed by atoms with Gasteiger partial charge < -0.3 is 52.1 Å². The highest BCUT2D eigenvalue weighted by molar-refractivity contribution is 4.63. The van der Waals surface area contributed by atoms with E-state index >= 15 is 0 Å². The molecule has 0 heterocycles. The van der Waals surface area contributed by atoms with Gasteiger partial charge in [-0.1, -0.05) is 32.3 Å². The first-order valence-electron chi connectivity index (χ1n) is 14.9. The fourth-order valence-electron chi connectivity index (χ4n) is 3.00. The average Bonchev–Trinajstić information content (AvgIpc) is 2.97. The molecule has 0 spiro atoms. The monoisotopic (exact) mass is 582 g/mol. The van der Waals surface area contributed by atoms with Crippen LogP contribution in [-0.2, 0) is 52.1 Å². The average molecular weight is 583 g/mol. The van der Waals surface area contributed by atoms with E-state index in [2.05, 4.69) is 13.5 Å². The lowest BCUT2D eigenvalue weighted by atomic mass is 10.2. The van der Waals surface area contributed by atoms with E-state index in [0.29, 0.717) is 139 Å². The topological polar surface area (TPSA) is 102 Å². The summed E-state index contributed by atoms with van der Waals surface area (Å²) in [5.74, 6) is 0. The zero-order valence-corrected chi connectivity index (χ0v) is 25.2. The van der Waals surface area contributed by atoms with Gasteiger partial charge in [0.15, 0.2) is 0 Å². The molecule has 0 atom stereocenters. The number of hydrogen-bond acceptors (Lipinski definition) is 11. The minimum atomic E-state index is 0.523. The lowest BCUT2D eigenvalue weighted by Crippen LogP contribution is -2.15. The third-order valence-electron chi connectivity index (χ3n) is 5.10. The molecule has 0 unspecified atom stereocenters. The Labute approximate surface area is 243 Å². The van der Waals surface area contributed by atoms with Crippen molar-refractivity contribution in [3.05, 3.63) is 12.7 Å². The van der Waals surface area contributed by atoms with Crippen molar-refractivity contribution in [3.63, 3.8) is 0 Å². The second-order valence-corrected chi connectivity index (χ2v) is 8.55. The molecule has 0 N–H and O–H groups in total. The van der Waals surface area contributed by atoms with Crippen molar-refractivity contribution in [2.75, 3.05) is 145 Å². The zero-order valence-electron chi connectivity index (χ0n) is 25.2. The van der Waals surface area contributed by atoms with Crippen LogP contribution in [-0.4, -0.2) is 145 Å². The summed E-state index contributed by atoms with van der Waals surface area (Å²) >= 11 is 0. The van der Waals surface area contributed by atoms with Gasteiger partial charge in [-0.3, -0.25) is 0 Å². The van der Waals surface area contributed by atoms with Gasteiger partial charge in [0.2, 0.25) is 0 Å². The predicted molar refractivity (Wildman–Crippen MR) is 153 cm³/mol. The maximum Gasteiger partial charge on any atom is 0.0704 e. The van der Waals surface area contributed by atoms with Crippen LogP contribution in [0.1, 0.15) is 32.6 Å². The molecule has 11 heteroatoms. The van der Waals surface area contributed by atoms with Crippen molar-refractivity contribution < 1.29 is 52.1 Å². The quantitative estimate of drug-likeness (QED) is 0.0798. The Morgan fingerprint density at radius 2 is 0.575 bits per heavy atom. The molecule has 0 rings (SSSR count). The predicted octanol–water partition coefficient (Wildman–Crippen LogP) is 2.94. The standard InChI is InChI=1S/C29H58O11/c1-3-5-6-7-9-31-11-13-33-15-17-35-19-21-37-23-25-39-27-29-40-28-26-38-24-22-36-20-18-34-16-14-32-12-10-30-8-4-2/h4H,2-3,5-29H2,1H3. The van der Waals surface area contributed by atoms with E-state index < -0.39 is 0 Å². The van der Waals surface area contributed by atoms with Crippen LogP contribution in [0.5, 0.6) is 0 Å². The Bertz CT molecular complexity index is 458. The Kier molecular flexibility index (Phi) is 37.6. The summed E-state index contributed by atoms with van der Waals surface area (Å²) in [6.07, 6.45) is 6.62. The molecule has 0 aliphatic rings. The largest absolute Gasteiger partial charge is 0.379 e. The summed E-state index contributed by atoms with van der Waals surface area (Å²) in [7, 11) is 0. The van der Waals surface area contributed by atoms with Crippen molar-refractivity contribution >= 4 is 0 Å².